The number of hydrogen-bond acceptors (Lipinski definition) is 7. The Kier molecular flexibility index (Phi) is 6.92. The number of nitriles is 1. The number of likely N-dealkylation sites (N-methyl/N-ethyl adjacent to an activating group) is 1. The minimum absolute atomic E-state index is 0.326. The zero-order chi connectivity index (χ0) is 26.8. The van der Waals surface area contributed by atoms with Gasteiger partial charge in [-0.1, -0.05) is 44.0 Å². The maximum Gasteiger partial charge on any atom is 0.227 e. The van der Waals surface area contributed by atoms with Crippen molar-refractivity contribution in [2.75, 3.05) is 42.9 Å². The molecular weight excluding hydrogens is 484 g/mol. The minimum Gasteiger partial charge on any atom is -0.369 e. The average Bonchev–Trinajstić information content (AvgIpc) is 3.71. The van der Waals surface area contributed by atoms with Crippen LogP contribution in [0, 0.1) is 17.2 Å². The van der Waals surface area contributed by atoms with Crippen LogP contribution in [-0.2, 0) is 5.54 Å². The van der Waals surface area contributed by atoms with Gasteiger partial charge in [-0.25, -0.2) is 9.97 Å². The molecule has 39 heavy (non-hydrogen) atoms. The summed E-state index contributed by atoms with van der Waals surface area (Å²) in [7, 11) is 0. The Bertz CT molecular complexity index is 1490. The normalized spacial score (nSPS) is 18.2. The summed E-state index contributed by atoms with van der Waals surface area (Å²) in [6, 6.07) is 19.1. The Hall–Kier alpha value is -3.96. The van der Waals surface area contributed by atoms with Crippen LogP contribution in [0.1, 0.15) is 39.5 Å². The molecule has 0 bridgehead atoms. The first-order valence-electron chi connectivity index (χ1n) is 14.2. The predicted molar refractivity (Wildman–Crippen MR) is 156 cm³/mol. The molecule has 0 radical (unpaired) electrons. The van der Waals surface area contributed by atoms with Gasteiger partial charge >= 0.3 is 0 Å². The molecule has 2 fully saturated rings. The number of nitrogens with one attached hydrogen (secondary N) is 1. The Balaban J connectivity index is 1.27. The molecule has 3 heterocycles. The fourth-order valence-electron chi connectivity index (χ4n) is 6.10. The largest absolute Gasteiger partial charge is 0.369 e. The van der Waals surface area contributed by atoms with Gasteiger partial charge < -0.3 is 15.1 Å². The Morgan fingerprint density at radius 1 is 1.05 bits per heavy atom. The zero-order valence-corrected chi connectivity index (χ0v) is 22.8. The van der Waals surface area contributed by atoms with E-state index in [4.69, 9.17) is 10.1 Å². The smallest absolute Gasteiger partial charge is 0.227 e. The van der Waals surface area contributed by atoms with Gasteiger partial charge in [-0.05, 0) is 56.5 Å². The van der Waals surface area contributed by atoms with Crippen molar-refractivity contribution in [1.82, 2.24) is 24.6 Å². The molecular formula is C31H36N8. The number of rotatable bonds is 7. The summed E-state index contributed by atoms with van der Waals surface area (Å²) in [6.07, 6.45) is 8.32. The maximum atomic E-state index is 10.1. The van der Waals surface area contributed by atoms with Crippen molar-refractivity contribution in [3.05, 3.63) is 60.9 Å². The Morgan fingerprint density at radius 3 is 2.62 bits per heavy atom. The number of aromatic nitrogens is 4. The number of para-hydroxylation sites is 1. The molecule has 1 N–H and O–H groups in total. The molecule has 2 aromatic carbocycles. The van der Waals surface area contributed by atoms with Crippen LogP contribution in [0.3, 0.4) is 0 Å². The summed E-state index contributed by atoms with van der Waals surface area (Å²) in [6.45, 7) is 9.60. The lowest BCUT2D eigenvalue weighted by molar-refractivity contribution is 0.246. The van der Waals surface area contributed by atoms with Crippen LogP contribution in [0.5, 0.6) is 0 Å². The van der Waals surface area contributed by atoms with E-state index in [-0.39, 0.29) is 0 Å². The van der Waals surface area contributed by atoms with E-state index in [9.17, 15) is 5.26 Å². The lowest BCUT2D eigenvalue weighted by atomic mass is 9.86. The number of fused-ring (bicyclic) bond motifs is 1. The summed E-state index contributed by atoms with van der Waals surface area (Å²) >= 11 is 0. The molecule has 1 unspecified atom stereocenters. The van der Waals surface area contributed by atoms with E-state index in [2.05, 4.69) is 57.4 Å². The molecule has 1 aliphatic heterocycles. The van der Waals surface area contributed by atoms with E-state index >= 15 is 0 Å². The molecule has 1 aliphatic carbocycles. The van der Waals surface area contributed by atoms with Crippen molar-refractivity contribution < 1.29 is 0 Å². The fourth-order valence-corrected chi connectivity index (χ4v) is 6.10. The summed E-state index contributed by atoms with van der Waals surface area (Å²) in [5, 5.41) is 19.4. The summed E-state index contributed by atoms with van der Waals surface area (Å²) in [5.41, 5.74) is 4.13. The quantitative estimate of drug-likeness (QED) is 0.329. The first-order valence-corrected chi connectivity index (χ1v) is 14.2. The van der Waals surface area contributed by atoms with Crippen LogP contribution >= 0.6 is 0 Å². The highest BCUT2D eigenvalue weighted by Gasteiger charge is 2.38. The molecule has 6 rings (SSSR count). The van der Waals surface area contributed by atoms with Gasteiger partial charge in [-0.15, -0.1) is 0 Å². The fraction of sp³-hybridized carbons (Fsp3) is 0.419. The summed E-state index contributed by atoms with van der Waals surface area (Å²) in [4.78, 5) is 14.4. The van der Waals surface area contributed by atoms with Gasteiger partial charge in [0.1, 0.15) is 5.54 Å². The first kappa shape index (κ1) is 25.3. The molecule has 4 aromatic rings. The van der Waals surface area contributed by atoms with Gasteiger partial charge in [-0.2, -0.15) is 10.4 Å². The second kappa shape index (κ2) is 10.7. The second-order valence-electron chi connectivity index (χ2n) is 10.9. The second-order valence-corrected chi connectivity index (χ2v) is 10.9. The molecule has 1 saturated carbocycles. The van der Waals surface area contributed by atoms with Crippen LogP contribution in [-0.4, -0.2) is 57.4 Å². The SMILES string of the molecule is CCN1CCN(c2cccc(Nc3ncc4cccc(-c5ccn(C(C)(C#N)C6CCCC6)n5)c4n3)c2)CC1. The third kappa shape index (κ3) is 4.95. The maximum absolute atomic E-state index is 10.1. The lowest BCUT2D eigenvalue weighted by Gasteiger charge is -2.35. The van der Waals surface area contributed by atoms with E-state index in [1.54, 1.807) is 0 Å². The van der Waals surface area contributed by atoms with Gasteiger partial charge in [0.15, 0.2) is 0 Å². The van der Waals surface area contributed by atoms with Crippen molar-refractivity contribution in [2.45, 2.75) is 45.1 Å². The molecule has 200 valence electrons. The number of piperazine rings is 1. The molecule has 1 atom stereocenters. The van der Waals surface area contributed by atoms with E-state index in [0.717, 1.165) is 73.4 Å². The van der Waals surface area contributed by atoms with Crippen LogP contribution in [0.2, 0.25) is 0 Å². The lowest BCUT2D eigenvalue weighted by Crippen LogP contribution is -2.46. The Morgan fingerprint density at radius 2 is 1.85 bits per heavy atom. The van der Waals surface area contributed by atoms with E-state index in [1.165, 1.54) is 18.5 Å². The standard InChI is InChI=1S/C31H36N8/c1-3-37-16-18-38(19-17-37)26-12-7-11-25(20-26)34-30-33-21-23-8-6-13-27(29(23)35-30)28-14-15-39(36-28)31(2,22-32)24-9-4-5-10-24/h6-8,11-15,20-21,24H,3-5,9-10,16-19H2,1-2H3,(H,33,34,35). The van der Waals surface area contributed by atoms with Gasteiger partial charge in [-0.3, -0.25) is 4.68 Å². The van der Waals surface area contributed by atoms with E-state index < -0.39 is 5.54 Å². The highest BCUT2D eigenvalue weighted by Crippen LogP contribution is 2.39. The van der Waals surface area contributed by atoms with Crippen LogP contribution in [0.4, 0.5) is 17.3 Å². The van der Waals surface area contributed by atoms with Crippen LogP contribution in [0.25, 0.3) is 22.2 Å². The van der Waals surface area contributed by atoms with Gasteiger partial charge in [0.2, 0.25) is 5.95 Å². The van der Waals surface area contributed by atoms with Crippen molar-refractivity contribution in [1.29, 1.82) is 5.26 Å². The summed E-state index contributed by atoms with van der Waals surface area (Å²) < 4.78 is 1.86. The van der Waals surface area contributed by atoms with E-state index in [0.29, 0.717) is 11.9 Å². The zero-order valence-electron chi connectivity index (χ0n) is 22.8. The predicted octanol–water partition coefficient (Wildman–Crippen LogP) is 5.81. The van der Waals surface area contributed by atoms with Crippen LogP contribution < -0.4 is 10.2 Å². The van der Waals surface area contributed by atoms with Crippen molar-refractivity contribution in [2.24, 2.45) is 5.92 Å². The molecule has 2 aliphatic rings. The number of benzene rings is 2. The molecule has 0 amide bonds. The third-order valence-electron chi connectivity index (χ3n) is 8.62. The number of nitrogens with zero attached hydrogens (tertiary/aromatic N) is 7. The first-order chi connectivity index (χ1) is 19.1. The van der Waals surface area contributed by atoms with Gasteiger partial charge in [0, 0.05) is 60.9 Å². The topological polar surface area (TPSA) is 85.9 Å². The average molecular weight is 521 g/mol. The van der Waals surface area contributed by atoms with Gasteiger partial charge in [0.25, 0.3) is 0 Å². The van der Waals surface area contributed by atoms with Crippen LogP contribution in [0.15, 0.2) is 60.9 Å². The molecule has 1 saturated heterocycles. The third-order valence-corrected chi connectivity index (χ3v) is 8.62. The molecule has 8 heteroatoms. The minimum atomic E-state index is -0.644. The number of anilines is 3. The highest BCUT2D eigenvalue weighted by atomic mass is 15.3. The van der Waals surface area contributed by atoms with Crippen molar-refractivity contribution in [3.8, 4) is 17.3 Å². The van der Waals surface area contributed by atoms with Crippen molar-refractivity contribution >= 4 is 28.2 Å². The molecule has 0 spiro atoms. The van der Waals surface area contributed by atoms with E-state index in [1.807, 2.05) is 48.3 Å². The highest BCUT2D eigenvalue weighted by molar-refractivity contribution is 5.92. The summed E-state index contributed by atoms with van der Waals surface area (Å²) in [5.74, 6) is 0.877. The molecule has 8 nitrogen and oxygen atoms in total. The van der Waals surface area contributed by atoms with Gasteiger partial charge in [0.05, 0.1) is 17.3 Å². The molecule has 2 aromatic heterocycles. The Labute approximate surface area is 230 Å². The number of hydrogen-bond donors (Lipinski definition) is 1. The van der Waals surface area contributed by atoms with Crippen molar-refractivity contribution in [3.63, 3.8) is 0 Å². The monoisotopic (exact) mass is 520 g/mol.